The van der Waals surface area contributed by atoms with Crippen LogP contribution in [0.25, 0.3) is 0 Å². The van der Waals surface area contributed by atoms with E-state index in [1.807, 2.05) is 13.8 Å². The van der Waals surface area contributed by atoms with Crippen molar-refractivity contribution in [3.05, 3.63) is 0 Å². The van der Waals surface area contributed by atoms with Gasteiger partial charge in [-0.15, -0.1) is 0 Å². The van der Waals surface area contributed by atoms with Gasteiger partial charge in [-0.1, -0.05) is 13.8 Å². The molecule has 0 saturated heterocycles. The average molecular weight is 213 g/mol. The Balaban J connectivity index is 2.81. The summed E-state index contributed by atoms with van der Waals surface area (Å²) in [7, 11) is 0. The molecule has 1 fully saturated rings. The zero-order chi connectivity index (χ0) is 11.4. The SMILES string of the molecule is CCC1CCC(O)C(C)C1=N[C@@H](C)CO. The minimum absolute atomic E-state index is 0.0400. The molecule has 0 aromatic carbocycles. The number of hydrogen-bond acceptors (Lipinski definition) is 3. The Morgan fingerprint density at radius 3 is 2.67 bits per heavy atom. The van der Waals surface area contributed by atoms with E-state index in [9.17, 15) is 5.11 Å². The number of aliphatic imine (C=N–C) groups is 1. The fourth-order valence-corrected chi connectivity index (χ4v) is 2.27. The minimum atomic E-state index is -0.252. The molecule has 0 radical (unpaired) electrons. The molecule has 1 aliphatic carbocycles. The van der Waals surface area contributed by atoms with Gasteiger partial charge in [0.1, 0.15) is 0 Å². The molecule has 4 atom stereocenters. The summed E-state index contributed by atoms with van der Waals surface area (Å²) in [5, 5.41) is 18.8. The van der Waals surface area contributed by atoms with E-state index >= 15 is 0 Å². The molecule has 1 rings (SSSR count). The summed E-state index contributed by atoms with van der Waals surface area (Å²) in [5.41, 5.74) is 1.11. The van der Waals surface area contributed by atoms with Crippen molar-refractivity contribution in [2.45, 2.75) is 52.2 Å². The molecule has 0 amide bonds. The van der Waals surface area contributed by atoms with E-state index < -0.39 is 0 Å². The summed E-state index contributed by atoms with van der Waals surface area (Å²) in [6.07, 6.45) is 2.73. The van der Waals surface area contributed by atoms with Gasteiger partial charge in [0.2, 0.25) is 0 Å². The van der Waals surface area contributed by atoms with Crippen molar-refractivity contribution in [3.63, 3.8) is 0 Å². The Kier molecular flexibility index (Phi) is 4.74. The van der Waals surface area contributed by atoms with E-state index in [1.165, 1.54) is 0 Å². The highest BCUT2D eigenvalue weighted by Gasteiger charge is 2.31. The van der Waals surface area contributed by atoms with Crippen molar-refractivity contribution in [2.24, 2.45) is 16.8 Å². The average Bonchev–Trinajstić information content (AvgIpc) is 2.25. The maximum Gasteiger partial charge on any atom is 0.0701 e. The molecule has 0 bridgehead atoms. The van der Waals surface area contributed by atoms with E-state index in [-0.39, 0.29) is 24.7 Å². The molecule has 2 N–H and O–H groups in total. The van der Waals surface area contributed by atoms with Gasteiger partial charge in [-0.05, 0) is 32.1 Å². The number of nitrogens with zero attached hydrogens (tertiary/aromatic N) is 1. The van der Waals surface area contributed by atoms with Crippen molar-refractivity contribution in [3.8, 4) is 0 Å². The summed E-state index contributed by atoms with van der Waals surface area (Å²) in [6.45, 7) is 6.19. The molecule has 3 heteroatoms. The Hall–Kier alpha value is -0.410. The molecule has 3 nitrogen and oxygen atoms in total. The summed E-state index contributed by atoms with van der Waals surface area (Å²) in [4.78, 5) is 4.54. The quantitative estimate of drug-likeness (QED) is 0.748. The zero-order valence-electron chi connectivity index (χ0n) is 9.98. The van der Waals surface area contributed by atoms with E-state index in [2.05, 4.69) is 11.9 Å². The van der Waals surface area contributed by atoms with Crippen molar-refractivity contribution in [1.29, 1.82) is 0 Å². The van der Waals surface area contributed by atoms with Crippen LogP contribution >= 0.6 is 0 Å². The predicted octanol–water partition coefficient (Wildman–Crippen LogP) is 1.63. The first-order valence-electron chi connectivity index (χ1n) is 5.96. The third kappa shape index (κ3) is 3.02. The van der Waals surface area contributed by atoms with Crippen LogP contribution in [0.1, 0.15) is 40.0 Å². The van der Waals surface area contributed by atoms with Gasteiger partial charge in [0.15, 0.2) is 0 Å². The van der Waals surface area contributed by atoms with Gasteiger partial charge in [-0.2, -0.15) is 0 Å². The molecule has 0 heterocycles. The van der Waals surface area contributed by atoms with Crippen molar-refractivity contribution in [2.75, 3.05) is 6.61 Å². The van der Waals surface area contributed by atoms with Gasteiger partial charge in [0.25, 0.3) is 0 Å². The number of rotatable bonds is 3. The molecule has 0 aromatic heterocycles. The normalized spacial score (nSPS) is 36.9. The van der Waals surface area contributed by atoms with Gasteiger partial charge < -0.3 is 10.2 Å². The van der Waals surface area contributed by atoms with E-state index in [1.54, 1.807) is 0 Å². The Bertz CT molecular complexity index is 224. The van der Waals surface area contributed by atoms with E-state index in [0.717, 1.165) is 25.0 Å². The Morgan fingerprint density at radius 2 is 2.13 bits per heavy atom. The van der Waals surface area contributed by atoms with Gasteiger partial charge in [0.05, 0.1) is 18.8 Å². The zero-order valence-corrected chi connectivity index (χ0v) is 9.98. The molecule has 1 aliphatic rings. The standard InChI is InChI=1S/C12H23NO2/c1-4-10-5-6-11(15)9(3)12(10)13-8(2)7-14/h8-11,14-15H,4-7H2,1-3H3/t8-,9?,10?,11?/m0/s1. The highest BCUT2D eigenvalue weighted by molar-refractivity contribution is 5.90. The number of hydrogen-bond donors (Lipinski definition) is 2. The number of aliphatic hydroxyl groups is 2. The van der Waals surface area contributed by atoms with Gasteiger partial charge >= 0.3 is 0 Å². The molecule has 0 aliphatic heterocycles. The maximum atomic E-state index is 9.80. The van der Waals surface area contributed by atoms with Crippen molar-refractivity contribution >= 4 is 5.71 Å². The number of aliphatic hydroxyl groups excluding tert-OH is 2. The van der Waals surface area contributed by atoms with Crippen molar-refractivity contribution < 1.29 is 10.2 Å². The van der Waals surface area contributed by atoms with Crippen LogP contribution in [0.5, 0.6) is 0 Å². The fourth-order valence-electron chi connectivity index (χ4n) is 2.27. The van der Waals surface area contributed by atoms with Crippen LogP contribution < -0.4 is 0 Å². The minimum Gasteiger partial charge on any atom is -0.394 e. The van der Waals surface area contributed by atoms with Crippen molar-refractivity contribution in [1.82, 2.24) is 0 Å². The molecular weight excluding hydrogens is 190 g/mol. The summed E-state index contributed by atoms with van der Waals surface area (Å²) in [5.74, 6) is 0.648. The van der Waals surface area contributed by atoms with Gasteiger partial charge in [0, 0.05) is 11.6 Å². The third-order valence-corrected chi connectivity index (χ3v) is 3.40. The smallest absolute Gasteiger partial charge is 0.0701 e. The summed E-state index contributed by atoms with van der Waals surface area (Å²) >= 11 is 0. The topological polar surface area (TPSA) is 52.8 Å². The second-order valence-electron chi connectivity index (χ2n) is 4.62. The van der Waals surface area contributed by atoms with Crippen LogP contribution in [-0.2, 0) is 0 Å². The lowest BCUT2D eigenvalue weighted by molar-refractivity contribution is 0.114. The molecule has 1 saturated carbocycles. The first-order chi connectivity index (χ1) is 7.10. The van der Waals surface area contributed by atoms with Crippen LogP contribution in [0, 0.1) is 11.8 Å². The van der Waals surface area contributed by atoms with Crippen LogP contribution in [0.15, 0.2) is 4.99 Å². The molecule has 0 spiro atoms. The maximum absolute atomic E-state index is 9.80. The van der Waals surface area contributed by atoms with Gasteiger partial charge in [-0.3, -0.25) is 4.99 Å². The van der Waals surface area contributed by atoms with Crippen LogP contribution in [-0.4, -0.2) is 34.7 Å². The molecule has 3 unspecified atom stereocenters. The first-order valence-corrected chi connectivity index (χ1v) is 5.96. The molecular formula is C12H23NO2. The molecule has 15 heavy (non-hydrogen) atoms. The van der Waals surface area contributed by atoms with Gasteiger partial charge in [-0.25, -0.2) is 0 Å². The lowest BCUT2D eigenvalue weighted by atomic mass is 9.77. The second kappa shape index (κ2) is 5.61. The van der Waals surface area contributed by atoms with Crippen LogP contribution in [0.4, 0.5) is 0 Å². The largest absolute Gasteiger partial charge is 0.394 e. The van der Waals surface area contributed by atoms with E-state index in [4.69, 9.17) is 5.11 Å². The summed E-state index contributed by atoms with van der Waals surface area (Å²) < 4.78 is 0. The molecule has 0 aromatic rings. The van der Waals surface area contributed by atoms with Crippen LogP contribution in [0.2, 0.25) is 0 Å². The summed E-state index contributed by atoms with van der Waals surface area (Å²) in [6, 6.07) is -0.0400. The Labute approximate surface area is 92.2 Å². The highest BCUT2D eigenvalue weighted by Crippen LogP contribution is 2.29. The Morgan fingerprint density at radius 1 is 1.47 bits per heavy atom. The first kappa shape index (κ1) is 12.7. The lowest BCUT2D eigenvalue weighted by Gasteiger charge is -2.33. The third-order valence-electron chi connectivity index (χ3n) is 3.40. The van der Waals surface area contributed by atoms with E-state index in [0.29, 0.717) is 5.92 Å². The second-order valence-corrected chi connectivity index (χ2v) is 4.62. The predicted molar refractivity (Wildman–Crippen MR) is 62.2 cm³/mol. The van der Waals surface area contributed by atoms with Crippen LogP contribution in [0.3, 0.4) is 0 Å². The molecule has 88 valence electrons. The monoisotopic (exact) mass is 213 g/mol. The highest BCUT2D eigenvalue weighted by atomic mass is 16.3. The fraction of sp³-hybridized carbons (Fsp3) is 0.917. The lowest BCUT2D eigenvalue weighted by Crippen LogP contribution is -2.37.